The van der Waals surface area contributed by atoms with Crippen molar-refractivity contribution in [2.45, 2.75) is 26.2 Å². The highest BCUT2D eigenvalue weighted by atomic mass is 16.5. The van der Waals surface area contributed by atoms with E-state index in [-0.39, 0.29) is 5.92 Å². The van der Waals surface area contributed by atoms with Crippen LogP contribution in [0.15, 0.2) is 59.5 Å². The van der Waals surface area contributed by atoms with Crippen molar-refractivity contribution in [1.29, 1.82) is 5.26 Å². The van der Waals surface area contributed by atoms with E-state index in [0.29, 0.717) is 17.4 Å². The average Bonchev–Trinajstić information content (AvgIpc) is 3.16. The maximum Gasteiger partial charge on any atom is 0.127 e. The van der Waals surface area contributed by atoms with Crippen LogP contribution in [0.5, 0.6) is 0 Å². The maximum absolute atomic E-state index is 9.28. The van der Waals surface area contributed by atoms with E-state index in [9.17, 15) is 5.26 Å². The molecule has 4 nitrogen and oxygen atoms in total. The summed E-state index contributed by atoms with van der Waals surface area (Å²) in [5, 5.41) is 13.4. The van der Waals surface area contributed by atoms with Gasteiger partial charge in [0, 0.05) is 28.8 Å². The van der Waals surface area contributed by atoms with Crippen LogP contribution >= 0.6 is 0 Å². The Hall–Kier alpha value is -3.19. The molecule has 1 aliphatic rings. The van der Waals surface area contributed by atoms with Crippen LogP contribution in [0, 0.1) is 23.2 Å². The zero-order valence-corrected chi connectivity index (χ0v) is 15.5. The van der Waals surface area contributed by atoms with Gasteiger partial charge in [0.15, 0.2) is 0 Å². The number of fused-ring (bicyclic) bond motifs is 1. The highest BCUT2D eigenvalue weighted by Gasteiger charge is 2.32. The van der Waals surface area contributed by atoms with Gasteiger partial charge in [-0.05, 0) is 36.5 Å². The maximum atomic E-state index is 9.28. The van der Waals surface area contributed by atoms with Crippen LogP contribution in [0.2, 0.25) is 0 Å². The Morgan fingerprint density at radius 2 is 2.04 bits per heavy atom. The molecular weight excluding hydrogens is 334 g/mol. The topological polar surface area (TPSA) is 62.7 Å². The van der Waals surface area contributed by atoms with Gasteiger partial charge in [0.05, 0.1) is 23.0 Å². The van der Waals surface area contributed by atoms with Crippen LogP contribution in [-0.2, 0) is 6.42 Å². The quantitative estimate of drug-likeness (QED) is 0.645. The number of pyridine rings is 1. The van der Waals surface area contributed by atoms with E-state index in [0.717, 1.165) is 28.9 Å². The molecule has 1 aromatic carbocycles. The van der Waals surface area contributed by atoms with Crippen molar-refractivity contribution in [2.24, 2.45) is 11.8 Å². The molecular formula is C23H21N3O. The standard InChI is InChI=1S/C23H21N3O/c1-15-11-23-22(14-27-26-23)20(16(15)2)10-9-19-8-7-18(13-25-19)21-6-4-3-5-17(21)12-24/h3-10,13-16,20H,11H2,1-2H3/t15-,16+,20-/m0/s1. The van der Waals surface area contributed by atoms with E-state index >= 15 is 0 Å². The minimum atomic E-state index is 0.288. The first-order valence-corrected chi connectivity index (χ1v) is 9.24. The zero-order valence-electron chi connectivity index (χ0n) is 15.5. The Kier molecular flexibility index (Phi) is 4.60. The molecule has 2 aromatic heterocycles. The number of nitriles is 1. The Labute approximate surface area is 159 Å². The third-order valence-electron chi connectivity index (χ3n) is 5.63. The molecule has 3 atom stereocenters. The van der Waals surface area contributed by atoms with Gasteiger partial charge in [0.25, 0.3) is 0 Å². The summed E-state index contributed by atoms with van der Waals surface area (Å²) >= 11 is 0. The lowest BCUT2D eigenvalue weighted by Gasteiger charge is -2.31. The van der Waals surface area contributed by atoms with Gasteiger partial charge in [-0.3, -0.25) is 4.98 Å². The molecule has 0 fully saturated rings. The molecule has 1 aliphatic carbocycles. The minimum absolute atomic E-state index is 0.288. The summed E-state index contributed by atoms with van der Waals surface area (Å²) in [4.78, 5) is 4.57. The molecule has 4 heteroatoms. The molecule has 0 saturated heterocycles. The second-order valence-electron chi connectivity index (χ2n) is 7.27. The summed E-state index contributed by atoms with van der Waals surface area (Å²) in [5.41, 5.74) is 5.68. The molecule has 134 valence electrons. The molecule has 3 aromatic rings. The van der Waals surface area contributed by atoms with Crippen molar-refractivity contribution in [1.82, 2.24) is 10.1 Å². The largest absolute Gasteiger partial charge is 0.364 e. The van der Waals surface area contributed by atoms with Crippen LogP contribution in [0.3, 0.4) is 0 Å². The molecule has 0 saturated carbocycles. The van der Waals surface area contributed by atoms with Gasteiger partial charge >= 0.3 is 0 Å². The third kappa shape index (κ3) is 3.29. The first-order valence-electron chi connectivity index (χ1n) is 9.24. The number of rotatable bonds is 3. The molecule has 0 radical (unpaired) electrons. The highest BCUT2D eigenvalue weighted by Crippen LogP contribution is 2.40. The van der Waals surface area contributed by atoms with E-state index in [1.165, 1.54) is 5.56 Å². The fourth-order valence-electron chi connectivity index (χ4n) is 3.80. The van der Waals surface area contributed by atoms with Crippen molar-refractivity contribution >= 4 is 6.08 Å². The van der Waals surface area contributed by atoms with E-state index in [2.05, 4.69) is 42.2 Å². The Morgan fingerprint density at radius 3 is 2.81 bits per heavy atom. The third-order valence-corrected chi connectivity index (χ3v) is 5.63. The van der Waals surface area contributed by atoms with E-state index in [4.69, 9.17) is 4.52 Å². The molecule has 2 heterocycles. The van der Waals surface area contributed by atoms with Crippen LogP contribution in [0.4, 0.5) is 0 Å². The summed E-state index contributed by atoms with van der Waals surface area (Å²) in [7, 11) is 0. The number of allylic oxidation sites excluding steroid dienone is 1. The Balaban J connectivity index is 1.58. The number of hydrogen-bond acceptors (Lipinski definition) is 4. The fraction of sp³-hybridized carbons (Fsp3) is 0.261. The van der Waals surface area contributed by atoms with E-state index in [1.54, 1.807) is 6.26 Å². The lowest BCUT2D eigenvalue weighted by molar-refractivity contribution is 0.327. The SMILES string of the molecule is C[C@H]1[C@H](C=Cc2ccc(-c3ccccc3C#N)cn2)c2conc2C[C@@H]1C. The van der Waals surface area contributed by atoms with Crippen molar-refractivity contribution in [3.05, 3.63) is 77.4 Å². The lowest BCUT2D eigenvalue weighted by Crippen LogP contribution is -2.24. The van der Waals surface area contributed by atoms with E-state index < -0.39 is 0 Å². The van der Waals surface area contributed by atoms with Gasteiger partial charge < -0.3 is 4.52 Å². The molecule has 0 bridgehead atoms. The zero-order chi connectivity index (χ0) is 18.8. The van der Waals surface area contributed by atoms with Gasteiger partial charge in [-0.2, -0.15) is 5.26 Å². The summed E-state index contributed by atoms with van der Waals surface area (Å²) in [6.45, 7) is 4.55. The number of hydrogen-bond donors (Lipinski definition) is 0. The number of aromatic nitrogens is 2. The van der Waals surface area contributed by atoms with Crippen LogP contribution in [-0.4, -0.2) is 10.1 Å². The first kappa shape index (κ1) is 17.2. The fourth-order valence-corrected chi connectivity index (χ4v) is 3.80. The summed E-state index contributed by atoms with van der Waals surface area (Å²) in [6, 6.07) is 13.8. The molecule has 0 amide bonds. The summed E-state index contributed by atoms with van der Waals surface area (Å²) < 4.78 is 5.21. The molecule has 0 spiro atoms. The molecule has 0 aliphatic heterocycles. The lowest BCUT2D eigenvalue weighted by atomic mass is 9.73. The van der Waals surface area contributed by atoms with Gasteiger partial charge in [-0.25, -0.2) is 0 Å². The van der Waals surface area contributed by atoms with Crippen LogP contribution in [0.1, 0.15) is 42.3 Å². The van der Waals surface area contributed by atoms with Crippen molar-refractivity contribution in [3.63, 3.8) is 0 Å². The summed E-state index contributed by atoms with van der Waals surface area (Å²) in [5.74, 6) is 1.38. The first-order chi connectivity index (χ1) is 13.2. The average molecular weight is 355 g/mol. The molecule has 0 unspecified atom stereocenters. The van der Waals surface area contributed by atoms with Gasteiger partial charge in [0.1, 0.15) is 6.26 Å². The Morgan fingerprint density at radius 1 is 1.19 bits per heavy atom. The second kappa shape index (κ2) is 7.20. The summed E-state index contributed by atoms with van der Waals surface area (Å²) in [6.07, 6.45) is 8.86. The van der Waals surface area contributed by atoms with Gasteiger partial charge in [-0.15, -0.1) is 0 Å². The van der Waals surface area contributed by atoms with Crippen molar-refractivity contribution in [3.8, 4) is 17.2 Å². The predicted octanol–water partition coefficient (Wildman–Crippen LogP) is 5.23. The molecule has 4 rings (SSSR count). The monoisotopic (exact) mass is 355 g/mol. The molecule has 27 heavy (non-hydrogen) atoms. The normalized spacial score (nSPS) is 21.7. The van der Waals surface area contributed by atoms with Crippen molar-refractivity contribution in [2.75, 3.05) is 0 Å². The molecule has 0 N–H and O–H groups in total. The Bertz CT molecular complexity index is 1010. The van der Waals surface area contributed by atoms with Crippen LogP contribution in [0.25, 0.3) is 17.2 Å². The van der Waals surface area contributed by atoms with Gasteiger partial charge in [0.2, 0.25) is 0 Å². The smallest absolute Gasteiger partial charge is 0.127 e. The number of nitrogens with zero attached hydrogens (tertiary/aromatic N) is 3. The van der Waals surface area contributed by atoms with Crippen LogP contribution < -0.4 is 0 Å². The van der Waals surface area contributed by atoms with Crippen molar-refractivity contribution < 1.29 is 4.52 Å². The minimum Gasteiger partial charge on any atom is -0.364 e. The second-order valence-corrected chi connectivity index (χ2v) is 7.27. The predicted molar refractivity (Wildman–Crippen MR) is 105 cm³/mol. The van der Waals surface area contributed by atoms with E-state index in [1.807, 2.05) is 42.6 Å². The highest BCUT2D eigenvalue weighted by molar-refractivity contribution is 5.70. The van der Waals surface area contributed by atoms with Gasteiger partial charge in [-0.1, -0.05) is 49.3 Å². The number of benzene rings is 1.